The lowest BCUT2D eigenvalue weighted by Crippen LogP contribution is -2.33. The van der Waals surface area contributed by atoms with Gasteiger partial charge in [0.05, 0.1) is 0 Å². The van der Waals surface area contributed by atoms with E-state index < -0.39 is 0 Å². The fourth-order valence-corrected chi connectivity index (χ4v) is 3.32. The first-order valence-electron chi connectivity index (χ1n) is 9.75. The Balaban J connectivity index is 0.00000160. The van der Waals surface area contributed by atoms with Crippen molar-refractivity contribution in [2.75, 3.05) is 0 Å². The molecule has 0 saturated carbocycles. The molecule has 2 aromatic heterocycles. The normalized spacial score (nSPS) is 10.1. The van der Waals surface area contributed by atoms with Gasteiger partial charge in [-0.15, -0.1) is 0 Å². The maximum Gasteiger partial charge on any atom is 0.173 e. The molecule has 4 nitrogen and oxygen atoms in total. The zero-order valence-corrected chi connectivity index (χ0v) is 17.5. The van der Waals surface area contributed by atoms with Crippen LogP contribution in [0.5, 0.6) is 0 Å². The van der Waals surface area contributed by atoms with Crippen molar-refractivity contribution in [2.45, 2.75) is 26.9 Å². The van der Waals surface area contributed by atoms with E-state index in [4.69, 9.17) is 0 Å². The van der Waals surface area contributed by atoms with Crippen LogP contribution in [0.15, 0.2) is 97.6 Å². The van der Waals surface area contributed by atoms with Crippen LogP contribution in [0.4, 0.5) is 0 Å². The van der Waals surface area contributed by atoms with Crippen LogP contribution in [0.2, 0.25) is 0 Å². The minimum Gasteiger partial charge on any atom is -0.412 e. The van der Waals surface area contributed by atoms with Crippen molar-refractivity contribution < 1.29 is 20.1 Å². The lowest BCUT2D eigenvalue weighted by molar-refractivity contribution is -0.688. The summed E-state index contributed by atoms with van der Waals surface area (Å²) in [4.78, 5) is 0. The highest BCUT2D eigenvalue weighted by Gasteiger charge is 2.07. The van der Waals surface area contributed by atoms with Crippen molar-refractivity contribution in [2.24, 2.45) is 0 Å². The average Bonchev–Trinajstić information content (AvgIpc) is 2.73. The molecule has 0 bridgehead atoms. The van der Waals surface area contributed by atoms with E-state index >= 15 is 0 Å². The fraction of sp³-hybridized carbons (Fsp3) is 0.154. The molecule has 0 fully saturated rings. The van der Waals surface area contributed by atoms with Gasteiger partial charge >= 0.3 is 0 Å². The van der Waals surface area contributed by atoms with Gasteiger partial charge in [0, 0.05) is 35.4 Å². The summed E-state index contributed by atoms with van der Waals surface area (Å²) in [5.74, 6) is 0. The first kappa shape index (κ1) is 22.9. The van der Waals surface area contributed by atoms with E-state index in [1.807, 2.05) is 0 Å². The van der Waals surface area contributed by atoms with Gasteiger partial charge < -0.3 is 11.0 Å². The van der Waals surface area contributed by atoms with Crippen LogP contribution in [-0.4, -0.2) is 11.0 Å². The zero-order chi connectivity index (χ0) is 19.3. The van der Waals surface area contributed by atoms with Crippen molar-refractivity contribution in [1.82, 2.24) is 0 Å². The van der Waals surface area contributed by atoms with Gasteiger partial charge in [0.15, 0.2) is 37.9 Å². The van der Waals surface area contributed by atoms with Crippen molar-refractivity contribution in [3.8, 4) is 11.1 Å². The van der Waals surface area contributed by atoms with Crippen LogP contribution in [0.1, 0.15) is 22.3 Å². The molecule has 4 N–H and O–H groups in total. The lowest BCUT2D eigenvalue weighted by atomic mass is 10.1. The highest BCUT2D eigenvalue weighted by atomic mass is 16.0. The molecular weight excluding hydrogens is 372 g/mol. The van der Waals surface area contributed by atoms with Crippen molar-refractivity contribution >= 4 is 0 Å². The van der Waals surface area contributed by atoms with Crippen LogP contribution in [-0.2, 0) is 13.1 Å². The summed E-state index contributed by atoms with van der Waals surface area (Å²) in [7, 11) is 0. The lowest BCUT2D eigenvalue weighted by Gasteiger charge is -2.03. The molecule has 0 radical (unpaired) electrons. The molecule has 2 aromatic carbocycles. The van der Waals surface area contributed by atoms with Gasteiger partial charge in [0.1, 0.15) is 0 Å². The summed E-state index contributed by atoms with van der Waals surface area (Å²) in [6.45, 7) is 6.03. The monoisotopic (exact) mass is 402 g/mol. The van der Waals surface area contributed by atoms with Crippen molar-refractivity contribution in [3.05, 3.63) is 120 Å². The molecule has 0 amide bonds. The largest absolute Gasteiger partial charge is 0.412 e. The highest BCUT2D eigenvalue weighted by Crippen LogP contribution is 2.16. The maximum absolute atomic E-state index is 2.22. The maximum atomic E-state index is 2.22. The number of rotatable bonds is 5. The van der Waals surface area contributed by atoms with Gasteiger partial charge in [-0.25, -0.2) is 9.13 Å². The van der Waals surface area contributed by atoms with Crippen LogP contribution < -0.4 is 9.13 Å². The van der Waals surface area contributed by atoms with Gasteiger partial charge in [-0.05, 0) is 25.0 Å². The Morgan fingerprint density at radius 1 is 0.467 bits per heavy atom. The average molecular weight is 403 g/mol. The molecule has 0 aliphatic carbocycles. The number of hydrogen-bond donors (Lipinski definition) is 0. The minimum atomic E-state index is 0. The van der Waals surface area contributed by atoms with E-state index in [-0.39, 0.29) is 11.0 Å². The topological polar surface area (TPSA) is 70.8 Å². The first-order chi connectivity index (χ1) is 13.7. The molecule has 4 aromatic rings. The third-order valence-electron chi connectivity index (χ3n) is 5.09. The second-order valence-electron chi connectivity index (χ2n) is 7.49. The Morgan fingerprint density at radius 2 is 0.767 bits per heavy atom. The quantitative estimate of drug-likeness (QED) is 0.461. The van der Waals surface area contributed by atoms with Crippen LogP contribution in [0.25, 0.3) is 11.1 Å². The Labute approximate surface area is 178 Å². The number of aryl methyl sites for hydroxylation is 2. The number of hydrogen-bond acceptors (Lipinski definition) is 0. The summed E-state index contributed by atoms with van der Waals surface area (Å²) < 4.78 is 4.43. The van der Waals surface area contributed by atoms with E-state index in [9.17, 15) is 0 Å². The summed E-state index contributed by atoms with van der Waals surface area (Å²) in [5.41, 5.74) is 7.71. The molecule has 0 aliphatic rings. The van der Waals surface area contributed by atoms with Gasteiger partial charge in [-0.3, -0.25) is 0 Å². The number of nitrogens with zero attached hydrogens (tertiary/aromatic N) is 2. The molecule has 2 heterocycles. The van der Waals surface area contributed by atoms with Crippen LogP contribution >= 0.6 is 0 Å². The molecule has 0 atom stereocenters. The van der Waals surface area contributed by atoms with E-state index in [2.05, 4.69) is 121 Å². The molecule has 0 aliphatic heterocycles. The predicted octanol–water partition coefficient (Wildman–Crippen LogP) is 2.99. The fourth-order valence-electron chi connectivity index (χ4n) is 3.32. The summed E-state index contributed by atoms with van der Waals surface area (Å²) in [6, 6.07) is 26.2. The number of aromatic nitrogens is 2. The van der Waals surface area contributed by atoms with E-state index in [0.29, 0.717) is 0 Å². The Hall–Kier alpha value is -3.34. The Kier molecular flexibility index (Phi) is 7.98. The highest BCUT2D eigenvalue weighted by molar-refractivity contribution is 5.60. The van der Waals surface area contributed by atoms with E-state index in [1.165, 1.54) is 33.4 Å². The standard InChI is InChI=1S/C26H26N2.2H2O/c1-21-3-7-23(8-4-21)19-27-15-11-25(12-16-27)26-13-17-28(18-14-26)20-24-9-5-22(2)6-10-24;;/h3-18H,19-20H2,1-2H3;2*1H2/q+2;;. The molecular formula is C26H30N2O2+2. The summed E-state index contributed by atoms with van der Waals surface area (Å²) in [5, 5.41) is 0. The summed E-state index contributed by atoms with van der Waals surface area (Å²) in [6.07, 6.45) is 8.62. The van der Waals surface area contributed by atoms with Gasteiger partial charge in [0.2, 0.25) is 0 Å². The van der Waals surface area contributed by atoms with Gasteiger partial charge in [-0.2, -0.15) is 0 Å². The molecule has 4 rings (SSSR count). The van der Waals surface area contributed by atoms with E-state index in [1.54, 1.807) is 0 Å². The second-order valence-corrected chi connectivity index (χ2v) is 7.49. The molecule has 0 spiro atoms. The third kappa shape index (κ3) is 5.83. The van der Waals surface area contributed by atoms with Crippen molar-refractivity contribution in [3.63, 3.8) is 0 Å². The molecule has 30 heavy (non-hydrogen) atoms. The smallest absolute Gasteiger partial charge is 0.173 e. The third-order valence-corrected chi connectivity index (χ3v) is 5.09. The van der Waals surface area contributed by atoms with E-state index in [0.717, 1.165) is 13.1 Å². The number of pyridine rings is 2. The molecule has 0 saturated heterocycles. The minimum absolute atomic E-state index is 0. The Bertz CT molecular complexity index is 951. The molecule has 154 valence electrons. The number of benzene rings is 2. The first-order valence-corrected chi connectivity index (χ1v) is 9.75. The van der Waals surface area contributed by atoms with Crippen molar-refractivity contribution in [1.29, 1.82) is 0 Å². The zero-order valence-electron chi connectivity index (χ0n) is 17.5. The summed E-state index contributed by atoms with van der Waals surface area (Å²) >= 11 is 0. The second kappa shape index (κ2) is 10.4. The molecule has 4 heteroatoms. The SMILES string of the molecule is Cc1ccc(C[n+]2ccc(-c3cc[n+](Cc4ccc(C)cc4)cc3)cc2)cc1.O.O. The Morgan fingerprint density at radius 3 is 1.07 bits per heavy atom. The van der Waals surface area contributed by atoms with Crippen LogP contribution in [0.3, 0.4) is 0 Å². The molecule has 0 unspecified atom stereocenters. The predicted molar refractivity (Wildman–Crippen MR) is 120 cm³/mol. The van der Waals surface area contributed by atoms with Gasteiger partial charge in [0.25, 0.3) is 0 Å². The van der Waals surface area contributed by atoms with Crippen LogP contribution in [0, 0.1) is 13.8 Å². The van der Waals surface area contributed by atoms with Gasteiger partial charge in [-0.1, -0.05) is 59.7 Å².